The lowest BCUT2D eigenvalue weighted by atomic mass is 10.7. The van der Waals surface area contributed by atoms with Gasteiger partial charge in [-0.2, -0.15) is 0 Å². The minimum absolute atomic E-state index is 0.606. The summed E-state index contributed by atoms with van der Waals surface area (Å²) >= 11 is 0. The van der Waals surface area contributed by atoms with Crippen LogP contribution in [0, 0.1) is 0 Å². The van der Waals surface area contributed by atoms with Crippen LogP contribution in [-0.4, -0.2) is 47.9 Å². The molecule has 3 N–H and O–H groups in total. The molecule has 0 aromatic carbocycles. The fourth-order valence-corrected chi connectivity index (χ4v) is 3.64. The Labute approximate surface area is 93.6 Å². The molecule has 0 atom stereocenters. The van der Waals surface area contributed by atoms with Crippen LogP contribution in [0.25, 0.3) is 0 Å². The molecule has 0 rings (SSSR count). The number of hydrogen-bond acceptors (Lipinski definition) is 5. The van der Waals surface area contributed by atoms with Crippen molar-refractivity contribution in [3.05, 3.63) is 0 Å². The van der Waals surface area contributed by atoms with Crippen LogP contribution in [0.5, 0.6) is 0 Å². The van der Waals surface area contributed by atoms with E-state index in [1.54, 1.807) is 0 Å². The Hall–Kier alpha value is 0.0169. The lowest BCUT2D eigenvalue weighted by molar-refractivity contribution is 0.0702. The molecule has 0 aromatic heterocycles. The van der Waals surface area contributed by atoms with Gasteiger partial charge in [-0.05, 0) is 20.8 Å². The van der Waals surface area contributed by atoms with E-state index in [1.807, 2.05) is 20.8 Å². The first kappa shape index (κ1) is 15.0. The summed E-state index contributed by atoms with van der Waals surface area (Å²) in [6, 6.07) is 0. The molecule has 5 nitrogen and oxygen atoms in total. The molecule has 0 aliphatic heterocycles. The quantitative estimate of drug-likeness (QED) is 0.417. The van der Waals surface area contributed by atoms with E-state index < -0.39 is 8.80 Å². The van der Waals surface area contributed by atoms with Gasteiger partial charge >= 0.3 is 8.80 Å². The van der Waals surface area contributed by atoms with Crippen LogP contribution in [-0.2, 0) is 13.3 Å². The van der Waals surface area contributed by atoms with Gasteiger partial charge in [0.15, 0.2) is 0 Å². The SMILES string of the molecule is CCO[Si](CNCCN)(OCC)OCC. The third-order valence-electron chi connectivity index (χ3n) is 1.76. The summed E-state index contributed by atoms with van der Waals surface area (Å²) in [4.78, 5) is 0. The lowest BCUT2D eigenvalue weighted by Gasteiger charge is -2.28. The minimum Gasteiger partial charge on any atom is -0.373 e. The summed E-state index contributed by atoms with van der Waals surface area (Å²) < 4.78 is 16.9. The predicted octanol–water partition coefficient (Wildman–Crippen LogP) is 0.122. The summed E-state index contributed by atoms with van der Waals surface area (Å²) in [6.45, 7) is 9.02. The van der Waals surface area contributed by atoms with Crippen LogP contribution in [0.2, 0.25) is 0 Å². The Morgan fingerprint density at radius 3 is 1.80 bits per heavy atom. The zero-order valence-corrected chi connectivity index (χ0v) is 11.0. The van der Waals surface area contributed by atoms with E-state index in [9.17, 15) is 0 Å². The molecule has 0 aliphatic carbocycles. The Balaban J connectivity index is 4.18. The summed E-state index contributed by atoms with van der Waals surface area (Å²) in [5.74, 6) is 0. The number of hydrogen-bond donors (Lipinski definition) is 2. The van der Waals surface area contributed by atoms with Crippen molar-refractivity contribution < 1.29 is 13.3 Å². The van der Waals surface area contributed by atoms with Crippen molar-refractivity contribution in [1.29, 1.82) is 0 Å². The first-order valence-electron chi connectivity index (χ1n) is 5.57. The van der Waals surface area contributed by atoms with E-state index in [0.29, 0.717) is 32.5 Å². The molecule has 92 valence electrons. The van der Waals surface area contributed by atoms with Crippen molar-refractivity contribution in [2.75, 3.05) is 39.1 Å². The molecule has 0 saturated carbocycles. The molecule has 0 aliphatic rings. The zero-order valence-electron chi connectivity index (χ0n) is 10.0. The Morgan fingerprint density at radius 1 is 1.00 bits per heavy atom. The standard InChI is InChI=1S/C9H24N2O3Si/c1-4-12-15(13-5-2,14-6-3)9-11-8-7-10/h11H,4-10H2,1-3H3. The van der Waals surface area contributed by atoms with Crippen molar-refractivity contribution in [3.8, 4) is 0 Å². The molecular formula is C9H24N2O3Si. The largest absolute Gasteiger partial charge is 0.515 e. The highest BCUT2D eigenvalue weighted by Crippen LogP contribution is 2.08. The maximum atomic E-state index is 5.65. The minimum atomic E-state index is -2.50. The van der Waals surface area contributed by atoms with Crippen LogP contribution in [0.3, 0.4) is 0 Å². The Kier molecular flexibility index (Phi) is 9.27. The van der Waals surface area contributed by atoms with Gasteiger partial charge in [-0.1, -0.05) is 0 Å². The first-order valence-corrected chi connectivity index (χ1v) is 7.50. The third kappa shape index (κ3) is 6.24. The Bertz CT molecular complexity index is 132. The van der Waals surface area contributed by atoms with Crippen LogP contribution >= 0.6 is 0 Å². The van der Waals surface area contributed by atoms with E-state index in [-0.39, 0.29) is 0 Å². The van der Waals surface area contributed by atoms with Gasteiger partial charge in [0.25, 0.3) is 0 Å². The number of rotatable bonds is 10. The summed E-state index contributed by atoms with van der Waals surface area (Å²) in [5, 5.41) is 3.19. The van der Waals surface area contributed by atoms with Crippen molar-refractivity contribution >= 4 is 8.80 Å². The molecule has 0 saturated heterocycles. The predicted molar refractivity (Wildman–Crippen MR) is 62.6 cm³/mol. The second kappa shape index (κ2) is 9.26. The average Bonchev–Trinajstić information content (AvgIpc) is 2.19. The fraction of sp³-hybridized carbons (Fsp3) is 1.00. The Morgan fingerprint density at radius 2 is 1.47 bits per heavy atom. The molecular weight excluding hydrogens is 212 g/mol. The summed E-state index contributed by atoms with van der Waals surface area (Å²) in [6.07, 6.45) is 0.625. The second-order valence-electron chi connectivity index (χ2n) is 2.95. The van der Waals surface area contributed by atoms with E-state index in [1.165, 1.54) is 0 Å². The molecule has 0 spiro atoms. The highest BCUT2D eigenvalue weighted by molar-refractivity contribution is 6.60. The molecule has 0 amide bonds. The van der Waals surface area contributed by atoms with Gasteiger partial charge in [0.05, 0.1) is 6.17 Å². The normalized spacial score (nSPS) is 12.0. The van der Waals surface area contributed by atoms with Gasteiger partial charge in [0.2, 0.25) is 0 Å². The van der Waals surface area contributed by atoms with E-state index in [2.05, 4.69) is 5.32 Å². The zero-order chi connectivity index (χ0) is 11.6. The van der Waals surface area contributed by atoms with Crippen molar-refractivity contribution in [3.63, 3.8) is 0 Å². The lowest BCUT2D eigenvalue weighted by Crippen LogP contribution is -2.55. The molecule has 0 heterocycles. The van der Waals surface area contributed by atoms with Crippen LogP contribution < -0.4 is 11.1 Å². The molecule has 0 fully saturated rings. The monoisotopic (exact) mass is 236 g/mol. The van der Waals surface area contributed by atoms with Gasteiger partial charge in [0, 0.05) is 32.9 Å². The van der Waals surface area contributed by atoms with Crippen molar-refractivity contribution in [2.24, 2.45) is 5.73 Å². The topological polar surface area (TPSA) is 65.7 Å². The molecule has 6 heteroatoms. The second-order valence-corrected chi connectivity index (χ2v) is 5.53. The van der Waals surface area contributed by atoms with Gasteiger partial charge in [-0.25, -0.2) is 0 Å². The van der Waals surface area contributed by atoms with E-state index in [0.717, 1.165) is 6.54 Å². The molecule has 0 bridgehead atoms. The first-order chi connectivity index (χ1) is 7.24. The van der Waals surface area contributed by atoms with Crippen molar-refractivity contribution in [1.82, 2.24) is 5.32 Å². The molecule has 15 heavy (non-hydrogen) atoms. The van der Waals surface area contributed by atoms with Gasteiger partial charge < -0.3 is 24.3 Å². The average molecular weight is 236 g/mol. The third-order valence-corrected chi connectivity index (χ3v) is 4.62. The molecule has 0 aromatic rings. The highest BCUT2D eigenvalue weighted by atomic mass is 28.4. The summed E-state index contributed by atoms with van der Waals surface area (Å²) in [5.41, 5.74) is 5.41. The molecule has 0 radical (unpaired) electrons. The summed E-state index contributed by atoms with van der Waals surface area (Å²) in [7, 11) is -2.50. The van der Waals surface area contributed by atoms with Gasteiger partial charge in [-0.15, -0.1) is 0 Å². The maximum absolute atomic E-state index is 5.65. The fourth-order valence-electron chi connectivity index (χ4n) is 1.28. The van der Waals surface area contributed by atoms with Crippen LogP contribution in [0.15, 0.2) is 0 Å². The van der Waals surface area contributed by atoms with Gasteiger partial charge in [-0.3, -0.25) is 0 Å². The smallest absolute Gasteiger partial charge is 0.373 e. The molecule has 0 unspecified atom stereocenters. The van der Waals surface area contributed by atoms with E-state index >= 15 is 0 Å². The maximum Gasteiger partial charge on any atom is 0.515 e. The van der Waals surface area contributed by atoms with Gasteiger partial charge in [0.1, 0.15) is 0 Å². The number of nitrogens with two attached hydrogens (primary N) is 1. The highest BCUT2D eigenvalue weighted by Gasteiger charge is 2.39. The van der Waals surface area contributed by atoms with Crippen LogP contribution in [0.4, 0.5) is 0 Å². The van der Waals surface area contributed by atoms with E-state index in [4.69, 9.17) is 19.0 Å². The van der Waals surface area contributed by atoms with Crippen LogP contribution in [0.1, 0.15) is 20.8 Å². The van der Waals surface area contributed by atoms with Crippen molar-refractivity contribution in [2.45, 2.75) is 20.8 Å². The number of nitrogens with one attached hydrogen (secondary N) is 1.